The largest absolute Gasteiger partial charge is 0.481 e. The Morgan fingerprint density at radius 1 is 1.24 bits per heavy atom. The Labute approximate surface area is 152 Å². The lowest BCUT2D eigenvalue weighted by molar-refractivity contribution is -0.137. The molecule has 0 aliphatic heterocycles. The Kier molecular flexibility index (Phi) is 13.4. The molecular weight excluding hydrogens is 320 g/mol. The van der Waals surface area contributed by atoms with E-state index in [1.54, 1.807) is 12.2 Å². The average molecular weight is 357 g/mol. The molecule has 4 N–H and O–H groups in total. The zero-order valence-corrected chi connectivity index (χ0v) is 15.7. The molecule has 0 saturated heterocycles. The van der Waals surface area contributed by atoms with Gasteiger partial charge in [-0.2, -0.15) is 0 Å². The first kappa shape index (κ1) is 23.8. The smallest absolute Gasteiger partial charge is 0.303 e. The van der Waals surface area contributed by atoms with E-state index in [-0.39, 0.29) is 18.3 Å². The van der Waals surface area contributed by atoms with Gasteiger partial charge in [0.05, 0.1) is 18.3 Å². The van der Waals surface area contributed by atoms with Crippen LogP contribution in [0.5, 0.6) is 0 Å². The number of aliphatic hydroxyl groups excluding tert-OH is 3. The molecule has 0 spiro atoms. The molecule has 0 aromatic heterocycles. The summed E-state index contributed by atoms with van der Waals surface area (Å²) in [6, 6.07) is 0. The van der Waals surface area contributed by atoms with Gasteiger partial charge in [0.15, 0.2) is 0 Å². The third-order valence-electron chi connectivity index (χ3n) is 4.60. The van der Waals surface area contributed by atoms with Crippen molar-refractivity contribution >= 4 is 5.97 Å². The lowest BCUT2D eigenvalue weighted by Crippen LogP contribution is -2.17. The van der Waals surface area contributed by atoms with Crippen LogP contribution in [-0.2, 0) is 4.79 Å². The third-order valence-corrected chi connectivity index (χ3v) is 4.60. The van der Waals surface area contributed by atoms with Crippen LogP contribution in [0.1, 0.15) is 65.2 Å². The highest BCUT2D eigenvalue weighted by atomic mass is 16.4. The second-order valence-corrected chi connectivity index (χ2v) is 6.83. The van der Waals surface area contributed by atoms with E-state index in [4.69, 9.17) is 5.11 Å². The van der Waals surface area contributed by atoms with Gasteiger partial charge in [0.2, 0.25) is 0 Å². The molecule has 0 heterocycles. The number of carboxylic acid groups (broad SMARTS) is 1. The number of carbonyl (C=O) groups is 1. The maximum absolute atomic E-state index is 10.3. The van der Waals surface area contributed by atoms with Crippen molar-refractivity contribution in [2.24, 2.45) is 11.8 Å². The number of allylic oxidation sites excluding steroid dienone is 1. The molecule has 0 bridgehead atoms. The predicted octanol–water partition coefficient (Wildman–Crippen LogP) is 3.29. The zero-order chi connectivity index (χ0) is 19.2. The van der Waals surface area contributed by atoms with Crippen LogP contribution in [0.25, 0.3) is 0 Å². The van der Waals surface area contributed by atoms with Gasteiger partial charge in [0.1, 0.15) is 0 Å². The van der Waals surface area contributed by atoms with Gasteiger partial charge in [-0.05, 0) is 31.6 Å². The van der Waals surface area contributed by atoms with Crippen molar-refractivity contribution in [3.05, 3.63) is 24.8 Å². The minimum Gasteiger partial charge on any atom is -0.481 e. The quantitative estimate of drug-likeness (QED) is 0.356. The number of hydrogen-bond donors (Lipinski definition) is 4. The van der Waals surface area contributed by atoms with Crippen LogP contribution in [0.3, 0.4) is 0 Å². The van der Waals surface area contributed by atoms with E-state index in [0.29, 0.717) is 19.3 Å². The summed E-state index contributed by atoms with van der Waals surface area (Å²) < 4.78 is 0. The van der Waals surface area contributed by atoms with Crippen molar-refractivity contribution in [2.75, 3.05) is 0 Å². The average Bonchev–Trinajstić information content (AvgIpc) is 2.79. The van der Waals surface area contributed by atoms with Gasteiger partial charge in [-0.3, -0.25) is 4.79 Å². The van der Waals surface area contributed by atoms with Crippen molar-refractivity contribution < 1.29 is 25.2 Å². The summed E-state index contributed by atoms with van der Waals surface area (Å²) in [5.41, 5.74) is 0. The second kappa shape index (κ2) is 14.0. The first-order valence-electron chi connectivity index (χ1n) is 9.38. The Morgan fingerprint density at radius 2 is 1.92 bits per heavy atom. The van der Waals surface area contributed by atoms with Crippen molar-refractivity contribution in [1.29, 1.82) is 0 Å². The van der Waals surface area contributed by atoms with E-state index in [1.165, 1.54) is 25.7 Å². The lowest BCUT2D eigenvalue weighted by atomic mass is 9.94. The van der Waals surface area contributed by atoms with Crippen LogP contribution in [0, 0.1) is 11.8 Å². The van der Waals surface area contributed by atoms with Gasteiger partial charge in [0, 0.05) is 18.8 Å². The van der Waals surface area contributed by atoms with E-state index in [2.05, 4.69) is 13.5 Å². The fraction of sp³-hybridized carbons (Fsp3) is 0.750. The number of aliphatic carboxylic acids is 1. The summed E-state index contributed by atoms with van der Waals surface area (Å²) in [5, 5.41) is 37.4. The van der Waals surface area contributed by atoms with Gasteiger partial charge < -0.3 is 20.4 Å². The fourth-order valence-electron chi connectivity index (χ4n) is 2.88. The lowest BCUT2D eigenvalue weighted by Gasteiger charge is -2.16. The van der Waals surface area contributed by atoms with Crippen LogP contribution >= 0.6 is 0 Å². The number of unbranched alkanes of at least 4 members (excludes halogenated alkanes) is 3. The molecule has 0 aromatic rings. The van der Waals surface area contributed by atoms with Gasteiger partial charge >= 0.3 is 5.97 Å². The first-order valence-corrected chi connectivity index (χ1v) is 9.38. The van der Waals surface area contributed by atoms with Gasteiger partial charge in [0.25, 0.3) is 0 Å². The molecule has 0 radical (unpaired) electrons. The van der Waals surface area contributed by atoms with Crippen molar-refractivity contribution in [3.63, 3.8) is 0 Å². The van der Waals surface area contributed by atoms with E-state index >= 15 is 0 Å². The molecule has 5 nitrogen and oxygen atoms in total. The van der Waals surface area contributed by atoms with E-state index in [0.717, 1.165) is 0 Å². The van der Waals surface area contributed by atoms with Gasteiger partial charge in [-0.25, -0.2) is 0 Å². The highest BCUT2D eigenvalue weighted by Gasteiger charge is 2.37. The summed E-state index contributed by atoms with van der Waals surface area (Å²) in [5.74, 6) is -1.04. The first-order chi connectivity index (χ1) is 11.8. The third kappa shape index (κ3) is 11.1. The maximum Gasteiger partial charge on any atom is 0.303 e. The predicted molar refractivity (Wildman–Crippen MR) is 100 cm³/mol. The van der Waals surface area contributed by atoms with Crippen LogP contribution in [0.4, 0.5) is 0 Å². The summed E-state index contributed by atoms with van der Waals surface area (Å²) in [6.45, 7) is 7.71. The molecule has 1 rings (SSSR count). The molecule has 1 fully saturated rings. The highest BCUT2D eigenvalue weighted by molar-refractivity contribution is 5.66. The second-order valence-electron chi connectivity index (χ2n) is 6.83. The van der Waals surface area contributed by atoms with Crippen LogP contribution in [-0.4, -0.2) is 44.7 Å². The molecule has 1 saturated carbocycles. The molecule has 1 unspecified atom stereocenters. The van der Waals surface area contributed by atoms with Gasteiger partial charge in [-0.1, -0.05) is 44.9 Å². The van der Waals surface area contributed by atoms with E-state index < -0.39 is 24.3 Å². The molecule has 5 atom stereocenters. The molecule has 1 aliphatic rings. The fourth-order valence-corrected chi connectivity index (χ4v) is 2.88. The molecule has 146 valence electrons. The number of aliphatic hydroxyl groups is 3. The van der Waals surface area contributed by atoms with Crippen molar-refractivity contribution in [2.45, 2.75) is 83.5 Å². The van der Waals surface area contributed by atoms with Crippen LogP contribution in [0.15, 0.2) is 24.8 Å². The standard InChI is InChI=1S/C13H22O5.C7H14/c1-8-10(12(16)7-11(8)15)6-5-9(14)3-2-4-13(17)18;1-3-5-7-6-4-2/h5-6,8-12,14-16H,2-4,7H2,1H3,(H,17,18);3H,1,4-7H2,2H3/b6-5+;/t8-,9?,10+,11-,12+;/m1./s1. The topological polar surface area (TPSA) is 98.0 Å². The number of carboxylic acids is 1. The van der Waals surface area contributed by atoms with E-state index in [1.807, 2.05) is 13.0 Å². The monoisotopic (exact) mass is 356 g/mol. The molecule has 25 heavy (non-hydrogen) atoms. The summed E-state index contributed by atoms with van der Waals surface area (Å²) in [4.78, 5) is 10.3. The van der Waals surface area contributed by atoms with Crippen LogP contribution < -0.4 is 0 Å². The molecular formula is C20H36O5. The zero-order valence-electron chi connectivity index (χ0n) is 15.7. The summed E-state index contributed by atoms with van der Waals surface area (Å²) in [6.07, 6.45) is 9.94. The summed E-state index contributed by atoms with van der Waals surface area (Å²) >= 11 is 0. The Balaban J connectivity index is 0.000000697. The maximum atomic E-state index is 10.3. The van der Waals surface area contributed by atoms with E-state index in [9.17, 15) is 20.1 Å². The Hall–Kier alpha value is -1.17. The molecule has 1 aliphatic carbocycles. The van der Waals surface area contributed by atoms with Crippen molar-refractivity contribution in [1.82, 2.24) is 0 Å². The molecule has 0 aromatic carbocycles. The van der Waals surface area contributed by atoms with Crippen LogP contribution in [0.2, 0.25) is 0 Å². The number of rotatable bonds is 10. The minimum atomic E-state index is -0.867. The highest BCUT2D eigenvalue weighted by Crippen LogP contribution is 2.33. The molecule has 0 amide bonds. The normalized spacial score (nSPS) is 26.9. The Morgan fingerprint density at radius 3 is 2.40 bits per heavy atom. The minimum absolute atomic E-state index is 0.0255. The molecule has 5 heteroatoms. The number of hydrogen-bond acceptors (Lipinski definition) is 4. The SMILES string of the molecule is C=CCCCCC.C[C@@H]1[C@H](/C=C/C(O)CCCC(=O)O)[C@@H](O)C[C@H]1O. The van der Waals surface area contributed by atoms with Gasteiger partial charge in [-0.15, -0.1) is 6.58 Å². The summed E-state index contributed by atoms with van der Waals surface area (Å²) in [7, 11) is 0. The Bertz CT molecular complexity index is 394. The van der Waals surface area contributed by atoms with Crippen molar-refractivity contribution in [3.8, 4) is 0 Å².